The summed E-state index contributed by atoms with van der Waals surface area (Å²) in [5, 5.41) is 9.94. The third-order valence-electron chi connectivity index (χ3n) is 12.7. The molecule has 3 saturated carbocycles. The van der Waals surface area contributed by atoms with Gasteiger partial charge in [0.15, 0.2) is 5.78 Å². The van der Waals surface area contributed by atoms with Gasteiger partial charge < -0.3 is 4.74 Å². The molecule has 5 aliphatic carbocycles. The summed E-state index contributed by atoms with van der Waals surface area (Å²) in [7, 11) is 1.49. The van der Waals surface area contributed by atoms with E-state index < -0.39 is 0 Å². The molecule has 0 aromatic heterocycles. The molecular formula is C33H47NO3. The highest BCUT2D eigenvalue weighted by atomic mass is 16.5. The van der Waals surface area contributed by atoms with Crippen LogP contribution in [0.15, 0.2) is 23.3 Å². The summed E-state index contributed by atoms with van der Waals surface area (Å²) in [5.41, 5.74) is 1.62. The molecule has 7 atom stereocenters. The molecule has 5 aliphatic rings. The van der Waals surface area contributed by atoms with Gasteiger partial charge in [-0.15, -0.1) is 0 Å². The summed E-state index contributed by atoms with van der Waals surface area (Å²) in [5.74, 6) is 0.666. The topological polar surface area (TPSA) is 67.2 Å². The van der Waals surface area contributed by atoms with Gasteiger partial charge in [-0.1, -0.05) is 60.1 Å². The van der Waals surface area contributed by atoms with Crippen LogP contribution in [0.5, 0.6) is 0 Å². The maximum absolute atomic E-state index is 14.4. The summed E-state index contributed by atoms with van der Waals surface area (Å²) in [6.45, 7) is 16.4. The number of carbonyl (C=O) groups excluding carboxylic acids is 2. The summed E-state index contributed by atoms with van der Waals surface area (Å²) in [6, 6.07) is 2.48. The third kappa shape index (κ3) is 3.58. The molecule has 37 heavy (non-hydrogen) atoms. The number of allylic oxidation sites excluding steroid dienone is 4. The van der Waals surface area contributed by atoms with Gasteiger partial charge in [-0.2, -0.15) is 5.26 Å². The first-order valence-corrected chi connectivity index (χ1v) is 14.5. The predicted octanol–water partition coefficient (Wildman–Crippen LogP) is 7.59. The average Bonchev–Trinajstić information content (AvgIpc) is 2.80. The Balaban J connectivity index is 1.66. The highest BCUT2D eigenvalue weighted by Crippen LogP contribution is 2.75. The molecule has 0 heterocycles. The summed E-state index contributed by atoms with van der Waals surface area (Å²) in [6.07, 6.45) is 12.7. The Labute approximate surface area is 224 Å². The Bertz CT molecular complexity index is 1140. The molecule has 0 aliphatic heterocycles. The maximum atomic E-state index is 14.4. The van der Waals surface area contributed by atoms with E-state index in [2.05, 4.69) is 60.6 Å². The minimum absolute atomic E-state index is 0.0210. The average molecular weight is 506 g/mol. The zero-order valence-electron chi connectivity index (χ0n) is 24.4. The summed E-state index contributed by atoms with van der Waals surface area (Å²) in [4.78, 5) is 27.1. The van der Waals surface area contributed by atoms with Crippen molar-refractivity contribution >= 4 is 11.8 Å². The van der Waals surface area contributed by atoms with Crippen molar-refractivity contribution in [2.24, 2.45) is 50.2 Å². The van der Waals surface area contributed by atoms with E-state index in [1.165, 1.54) is 12.7 Å². The van der Waals surface area contributed by atoms with Crippen LogP contribution in [0.4, 0.5) is 0 Å². The van der Waals surface area contributed by atoms with Crippen LogP contribution in [0, 0.1) is 61.6 Å². The van der Waals surface area contributed by atoms with E-state index in [4.69, 9.17) is 4.74 Å². The third-order valence-corrected chi connectivity index (χ3v) is 12.7. The Morgan fingerprint density at radius 2 is 1.73 bits per heavy atom. The number of nitriles is 1. The lowest BCUT2D eigenvalue weighted by Crippen LogP contribution is -2.64. The number of hydrogen-bond acceptors (Lipinski definition) is 4. The lowest BCUT2D eigenvalue weighted by molar-refractivity contribution is -0.178. The van der Waals surface area contributed by atoms with Crippen molar-refractivity contribution in [3.05, 3.63) is 23.3 Å². The van der Waals surface area contributed by atoms with E-state index >= 15 is 0 Å². The van der Waals surface area contributed by atoms with Crippen LogP contribution in [0.2, 0.25) is 0 Å². The van der Waals surface area contributed by atoms with Crippen molar-refractivity contribution in [2.45, 2.75) is 106 Å². The van der Waals surface area contributed by atoms with Crippen LogP contribution in [0.3, 0.4) is 0 Å². The number of carbonyl (C=O) groups is 2. The quantitative estimate of drug-likeness (QED) is 0.363. The molecule has 4 heteroatoms. The van der Waals surface area contributed by atoms with Gasteiger partial charge in [-0.25, -0.2) is 0 Å². The molecule has 4 nitrogen and oxygen atoms in total. The molecule has 0 bridgehead atoms. The van der Waals surface area contributed by atoms with Crippen LogP contribution in [0.1, 0.15) is 106 Å². The fourth-order valence-electron chi connectivity index (χ4n) is 10.6. The molecule has 0 saturated heterocycles. The predicted molar refractivity (Wildman–Crippen MR) is 145 cm³/mol. The van der Waals surface area contributed by atoms with Crippen molar-refractivity contribution in [1.29, 1.82) is 5.26 Å². The molecule has 0 N–H and O–H groups in total. The molecule has 0 radical (unpaired) electrons. The molecule has 0 aromatic carbocycles. The largest absolute Gasteiger partial charge is 0.469 e. The second-order valence-electron chi connectivity index (χ2n) is 15.6. The number of methoxy groups -OCH3 is 1. The van der Waals surface area contributed by atoms with E-state index in [1.807, 2.05) is 6.08 Å². The van der Waals surface area contributed by atoms with Crippen LogP contribution >= 0.6 is 0 Å². The lowest BCUT2D eigenvalue weighted by Gasteiger charge is -2.69. The number of hydrogen-bond donors (Lipinski definition) is 0. The first-order chi connectivity index (χ1) is 17.1. The molecule has 3 fully saturated rings. The van der Waals surface area contributed by atoms with Gasteiger partial charge in [0, 0.05) is 16.9 Å². The van der Waals surface area contributed by atoms with Gasteiger partial charge in [0.25, 0.3) is 0 Å². The number of esters is 1. The molecule has 3 unspecified atom stereocenters. The van der Waals surface area contributed by atoms with E-state index in [9.17, 15) is 14.9 Å². The number of nitrogens with zero attached hydrogens (tertiary/aromatic N) is 1. The fourth-order valence-corrected chi connectivity index (χ4v) is 10.6. The standard InChI is InChI=1S/C33H47NO3/c1-28(2)11-13-33(19-26(36)37-8)14-12-32(7)27(22(33)18-28)23(35)15-25-30(5)17-21(20-34)16-29(3,4)24(30)9-10-31(25,32)6/h15,17,22,24,27H,9-14,16,18-19H2,1-8H3/t22?,24?,27?,30-,31+,32+,33+/m0/s1. The monoisotopic (exact) mass is 505 g/mol. The molecule has 202 valence electrons. The van der Waals surface area contributed by atoms with E-state index in [-0.39, 0.29) is 56.1 Å². The van der Waals surface area contributed by atoms with Gasteiger partial charge in [0.2, 0.25) is 0 Å². The minimum atomic E-state index is -0.282. The van der Waals surface area contributed by atoms with Crippen molar-refractivity contribution in [3.63, 3.8) is 0 Å². The summed E-state index contributed by atoms with van der Waals surface area (Å²) < 4.78 is 5.19. The van der Waals surface area contributed by atoms with E-state index in [0.29, 0.717) is 12.3 Å². The van der Waals surface area contributed by atoms with Gasteiger partial charge in [-0.05, 0) is 96.4 Å². The number of ether oxygens (including phenoxy) is 1. The van der Waals surface area contributed by atoms with Crippen molar-refractivity contribution in [1.82, 2.24) is 0 Å². The van der Waals surface area contributed by atoms with Crippen LogP contribution in [-0.4, -0.2) is 18.9 Å². The molecular weight excluding hydrogens is 458 g/mol. The zero-order chi connectivity index (χ0) is 27.2. The SMILES string of the molecule is COC(=O)C[C@]12CCC(C)(C)CC1C1C(=O)C=C3[C@@]4(C)C=C(C#N)CC(C)(C)C4CC[C@@]3(C)[C@]1(C)CC2. The van der Waals surface area contributed by atoms with Crippen molar-refractivity contribution < 1.29 is 14.3 Å². The highest BCUT2D eigenvalue weighted by Gasteiger charge is 2.69. The van der Waals surface area contributed by atoms with Gasteiger partial charge in [0.05, 0.1) is 19.6 Å². The summed E-state index contributed by atoms with van der Waals surface area (Å²) >= 11 is 0. The minimum Gasteiger partial charge on any atom is -0.469 e. The van der Waals surface area contributed by atoms with Gasteiger partial charge in [-0.3, -0.25) is 9.59 Å². The Hall–Kier alpha value is -1.89. The van der Waals surface area contributed by atoms with Crippen LogP contribution in [-0.2, 0) is 14.3 Å². The number of fused-ring (bicyclic) bond motifs is 7. The second-order valence-corrected chi connectivity index (χ2v) is 15.6. The maximum Gasteiger partial charge on any atom is 0.306 e. The first-order valence-electron chi connectivity index (χ1n) is 14.5. The highest BCUT2D eigenvalue weighted by molar-refractivity contribution is 5.95. The molecule has 0 aromatic rings. The number of rotatable bonds is 2. The molecule has 0 amide bonds. The zero-order valence-corrected chi connectivity index (χ0v) is 24.4. The van der Waals surface area contributed by atoms with E-state index in [0.717, 1.165) is 56.9 Å². The van der Waals surface area contributed by atoms with Crippen molar-refractivity contribution in [2.75, 3.05) is 7.11 Å². The first kappa shape index (κ1) is 26.7. The number of ketones is 1. The second kappa shape index (κ2) is 8.06. The Morgan fingerprint density at radius 3 is 2.38 bits per heavy atom. The smallest absolute Gasteiger partial charge is 0.306 e. The van der Waals surface area contributed by atoms with Crippen molar-refractivity contribution in [3.8, 4) is 6.07 Å². The van der Waals surface area contributed by atoms with E-state index in [1.54, 1.807) is 0 Å². The Morgan fingerprint density at radius 1 is 1.05 bits per heavy atom. The normalized spacial score (nSPS) is 45.6. The van der Waals surface area contributed by atoms with Gasteiger partial charge in [0.1, 0.15) is 0 Å². The lowest BCUT2D eigenvalue weighted by atomic mass is 9.34. The van der Waals surface area contributed by atoms with Crippen LogP contribution in [0.25, 0.3) is 0 Å². The molecule has 5 rings (SSSR count). The van der Waals surface area contributed by atoms with Crippen LogP contribution < -0.4 is 0 Å². The Kier molecular flexibility index (Phi) is 5.82. The molecule has 0 spiro atoms. The van der Waals surface area contributed by atoms with Gasteiger partial charge >= 0.3 is 5.97 Å². The fraction of sp³-hybridized carbons (Fsp3) is 0.788.